The molecule has 6 nitrogen and oxygen atoms in total. The zero-order valence-electron chi connectivity index (χ0n) is 14.1. The number of amides is 1. The summed E-state index contributed by atoms with van der Waals surface area (Å²) in [5.74, 6) is 0.0243. The summed E-state index contributed by atoms with van der Waals surface area (Å²) in [5, 5.41) is 3.54. The molecule has 2 unspecified atom stereocenters. The van der Waals surface area contributed by atoms with Crippen molar-refractivity contribution in [3.05, 3.63) is 40.3 Å². The van der Waals surface area contributed by atoms with Crippen LogP contribution in [0.5, 0.6) is 0 Å². The average Bonchev–Trinajstić information content (AvgIpc) is 2.80. The maximum Gasteiger partial charge on any atom is 0.253 e. The molecule has 1 saturated carbocycles. The van der Waals surface area contributed by atoms with E-state index in [9.17, 15) is 4.79 Å². The summed E-state index contributed by atoms with van der Waals surface area (Å²) < 4.78 is 0. The Labute approximate surface area is 137 Å². The molecule has 0 radical (unpaired) electrons. The molecule has 1 aliphatic rings. The topological polar surface area (TPSA) is 72.3 Å². The minimum Gasteiger partial charge on any atom is -0.337 e. The lowest BCUT2D eigenvalue weighted by molar-refractivity contribution is 0.0615. The maximum absolute atomic E-state index is 12.8. The van der Waals surface area contributed by atoms with Gasteiger partial charge in [0, 0.05) is 35.3 Å². The fourth-order valence-corrected chi connectivity index (χ4v) is 3.40. The smallest absolute Gasteiger partial charge is 0.253 e. The zero-order chi connectivity index (χ0) is 16.8. The fourth-order valence-electron chi connectivity index (χ4n) is 3.40. The Morgan fingerprint density at radius 2 is 1.70 bits per heavy atom. The van der Waals surface area contributed by atoms with Crippen molar-refractivity contribution in [3.8, 4) is 0 Å². The second kappa shape index (κ2) is 7.99. The molecular formula is C17H25N5O. The van der Waals surface area contributed by atoms with Gasteiger partial charge in [-0.15, -0.1) is 0 Å². The molecule has 1 amide bonds. The van der Waals surface area contributed by atoms with E-state index in [0.29, 0.717) is 17.3 Å². The molecule has 1 aliphatic carbocycles. The quantitative estimate of drug-likeness (QED) is 0.365. The first-order valence-electron chi connectivity index (χ1n) is 8.13. The predicted octanol–water partition coefficient (Wildman–Crippen LogP) is 3.96. The van der Waals surface area contributed by atoms with E-state index in [2.05, 4.69) is 29.0 Å². The number of carbonyl (C=O) groups is 1. The van der Waals surface area contributed by atoms with Crippen molar-refractivity contribution in [2.75, 3.05) is 21.1 Å². The summed E-state index contributed by atoms with van der Waals surface area (Å²) in [6.45, 7) is 0. The fraction of sp³-hybridized carbons (Fsp3) is 0.588. The van der Waals surface area contributed by atoms with Gasteiger partial charge in [0.15, 0.2) is 0 Å². The highest BCUT2D eigenvalue weighted by molar-refractivity contribution is 5.94. The van der Waals surface area contributed by atoms with Crippen molar-refractivity contribution >= 4 is 11.6 Å². The summed E-state index contributed by atoms with van der Waals surface area (Å²) in [6, 6.07) is 7.44. The van der Waals surface area contributed by atoms with Crippen LogP contribution in [0.3, 0.4) is 0 Å². The van der Waals surface area contributed by atoms with Crippen LogP contribution in [0.15, 0.2) is 29.4 Å². The average molecular weight is 315 g/mol. The van der Waals surface area contributed by atoms with Crippen molar-refractivity contribution in [3.63, 3.8) is 0 Å². The molecule has 2 atom stereocenters. The molecule has 0 aromatic heterocycles. The third kappa shape index (κ3) is 4.24. The van der Waals surface area contributed by atoms with E-state index in [1.807, 2.05) is 11.9 Å². The molecular weight excluding hydrogens is 290 g/mol. The first-order chi connectivity index (χ1) is 11.0. The Morgan fingerprint density at radius 3 is 2.26 bits per heavy atom. The van der Waals surface area contributed by atoms with Crippen LogP contribution in [0.25, 0.3) is 10.4 Å². The largest absolute Gasteiger partial charge is 0.337 e. The van der Waals surface area contributed by atoms with Crippen molar-refractivity contribution < 1.29 is 4.79 Å². The highest BCUT2D eigenvalue weighted by atomic mass is 16.2. The molecule has 1 aromatic rings. The van der Waals surface area contributed by atoms with E-state index in [1.165, 1.54) is 19.3 Å². The summed E-state index contributed by atoms with van der Waals surface area (Å²) in [5.41, 5.74) is 9.59. The van der Waals surface area contributed by atoms with Crippen LogP contribution >= 0.6 is 0 Å². The van der Waals surface area contributed by atoms with Crippen LogP contribution in [-0.2, 0) is 0 Å². The summed E-state index contributed by atoms with van der Waals surface area (Å²) >= 11 is 0. The van der Waals surface area contributed by atoms with E-state index in [-0.39, 0.29) is 11.9 Å². The lowest BCUT2D eigenvalue weighted by Gasteiger charge is -2.37. The van der Waals surface area contributed by atoms with Gasteiger partial charge in [-0.25, -0.2) is 0 Å². The summed E-state index contributed by atoms with van der Waals surface area (Å²) in [7, 11) is 6.09. The number of nitrogens with zero attached hydrogens (tertiary/aromatic N) is 5. The molecule has 23 heavy (non-hydrogen) atoms. The van der Waals surface area contributed by atoms with Crippen LogP contribution < -0.4 is 0 Å². The van der Waals surface area contributed by atoms with E-state index in [0.717, 1.165) is 12.8 Å². The van der Waals surface area contributed by atoms with Crippen molar-refractivity contribution in [2.24, 2.45) is 5.11 Å². The van der Waals surface area contributed by atoms with Crippen LogP contribution in [0, 0.1) is 0 Å². The van der Waals surface area contributed by atoms with E-state index < -0.39 is 0 Å². The molecule has 6 heteroatoms. The third-order valence-electron chi connectivity index (χ3n) is 4.70. The molecule has 0 saturated heterocycles. The molecule has 1 aromatic carbocycles. The van der Waals surface area contributed by atoms with Crippen LogP contribution in [-0.4, -0.2) is 48.9 Å². The second-order valence-electron chi connectivity index (χ2n) is 6.39. The van der Waals surface area contributed by atoms with Crippen molar-refractivity contribution in [1.82, 2.24) is 9.80 Å². The minimum absolute atomic E-state index is 0.0243. The van der Waals surface area contributed by atoms with Crippen LogP contribution in [0.2, 0.25) is 0 Å². The first-order valence-corrected chi connectivity index (χ1v) is 8.13. The number of benzene rings is 1. The van der Waals surface area contributed by atoms with Gasteiger partial charge >= 0.3 is 0 Å². The van der Waals surface area contributed by atoms with Gasteiger partial charge in [0.1, 0.15) is 0 Å². The highest BCUT2D eigenvalue weighted by Gasteiger charge is 2.31. The van der Waals surface area contributed by atoms with Gasteiger partial charge in [-0.3, -0.25) is 4.79 Å². The maximum atomic E-state index is 12.8. The number of hydrogen-bond acceptors (Lipinski definition) is 3. The molecule has 2 rings (SSSR count). The number of hydrogen-bond donors (Lipinski definition) is 0. The Balaban J connectivity index is 2.17. The van der Waals surface area contributed by atoms with Crippen LogP contribution in [0.4, 0.5) is 5.69 Å². The molecule has 0 spiro atoms. The number of azide groups is 1. The van der Waals surface area contributed by atoms with Crippen molar-refractivity contribution in [2.45, 2.75) is 44.2 Å². The molecule has 0 bridgehead atoms. The molecule has 124 valence electrons. The second-order valence-corrected chi connectivity index (χ2v) is 6.39. The molecule has 0 N–H and O–H groups in total. The number of likely N-dealkylation sites (N-methyl/N-ethyl adjacent to an activating group) is 2. The lowest BCUT2D eigenvalue weighted by atomic mass is 9.99. The molecule has 1 fully saturated rings. The number of rotatable bonds is 4. The van der Waals surface area contributed by atoms with E-state index in [4.69, 9.17) is 5.53 Å². The normalized spacial score (nSPS) is 21.4. The van der Waals surface area contributed by atoms with Crippen LogP contribution in [0.1, 0.15) is 42.5 Å². The van der Waals surface area contributed by atoms with Gasteiger partial charge in [0.05, 0.1) is 0 Å². The van der Waals surface area contributed by atoms with Gasteiger partial charge in [-0.05, 0) is 44.6 Å². The van der Waals surface area contributed by atoms with E-state index >= 15 is 0 Å². The Kier molecular flexibility index (Phi) is 6.02. The van der Waals surface area contributed by atoms with E-state index in [1.54, 1.807) is 24.3 Å². The minimum atomic E-state index is 0.0243. The van der Waals surface area contributed by atoms with Gasteiger partial charge in [0.25, 0.3) is 5.91 Å². The highest BCUT2D eigenvalue weighted by Crippen LogP contribution is 2.26. The van der Waals surface area contributed by atoms with Gasteiger partial charge in [0.2, 0.25) is 0 Å². The third-order valence-corrected chi connectivity index (χ3v) is 4.70. The predicted molar refractivity (Wildman–Crippen MR) is 91.7 cm³/mol. The Bertz CT molecular complexity index is 577. The summed E-state index contributed by atoms with van der Waals surface area (Å²) in [6.07, 6.45) is 5.81. The Morgan fingerprint density at radius 1 is 1.09 bits per heavy atom. The number of carbonyl (C=O) groups excluding carboxylic acids is 1. The first kappa shape index (κ1) is 17.3. The monoisotopic (exact) mass is 315 g/mol. The molecule has 0 heterocycles. The lowest BCUT2D eigenvalue weighted by Crippen LogP contribution is -2.49. The van der Waals surface area contributed by atoms with Crippen molar-refractivity contribution in [1.29, 1.82) is 0 Å². The standard InChI is InChI=1S/C17H25N5O/c1-21(2)15-7-5-4-6-8-16(15)22(3)17(23)13-9-11-14(12-10-13)19-20-18/h9-12,15-16H,4-8H2,1-3H3. The van der Waals surface area contributed by atoms with Gasteiger partial charge in [-0.1, -0.05) is 36.5 Å². The van der Waals surface area contributed by atoms with Gasteiger partial charge < -0.3 is 9.80 Å². The summed E-state index contributed by atoms with van der Waals surface area (Å²) in [4.78, 5) is 19.7. The SMILES string of the molecule is CN(C)C1CCCCCC1N(C)C(=O)c1ccc(N=[N+]=[N-])cc1. The molecule has 0 aliphatic heterocycles. The Hall–Kier alpha value is -2.04. The van der Waals surface area contributed by atoms with Gasteiger partial charge in [-0.2, -0.15) is 0 Å². The zero-order valence-corrected chi connectivity index (χ0v) is 14.1.